The summed E-state index contributed by atoms with van der Waals surface area (Å²) < 4.78 is 0. The normalized spacial score (nSPS) is 19.7. The molecule has 2 nitrogen and oxygen atoms in total. The van der Waals surface area contributed by atoms with E-state index in [0.717, 1.165) is 11.1 Å². The second-order valence-corrected chi connectivity index (χ2v) is 3.14. The van der Waals surface area contributed by atoms with Gasteiger partial charge in [-0.2, -0.15) is 0 Å². The van der Waals surface area contributed by atoms with Gasteiger partial charge in [0.1, 0.15) is 0 Å². The zero-order valence-corrected chi connectivity index (χ0v) is 7.08. The molecule has 0 amide bonds. The van der Waals surface area contributed by atoms with Gasteiger partial charge in [-0.3, -0.25) is 4.79 Å². The summed E-state index contributed by atoms with van der Waals surface area (Å²) in [5.41, 5.74) is 8.08. The molecule has 64 valence electrons. The molecule has 0 radical (unpaired) electrons. The molecule has 1 atom stereocenters. The molecule has 0 fully saturated rings. The van der Waals surface area contributed by atoms with E-state index in [2.05, 4.69) is 5.92 Å². The number of Topliss-reactive ketones (excluding diaryl/α,β-unsaturated/α-hetero) is 1. The first kappa shape index (κ1) is 8.03. The zero-order chi connectivity index (χ0) is 9.42. The predicted molar refractivity (Wildman–Crippen MR) is 50.3 cm³/mol. The third kappa shape index (κ3) is 1.06. The molecule has 0 heterocycles. The first-order chi connectivity index (χ1) is 6.24. The average molecular weight is 171 g/mol. The first-order valence-electron chi connectivity index (χ1n) is 4.12. The van der Waals surface area contributed by atoms with Crippen molar-refractivity contribution in [1.29, 1.82) is 0 Å². The van der Waals surface area contributed by atoms with Crippen LogP contribution in [0.15, 0.2) is 18.2 Å². The third-order valence-corrected chi connectivity index (χ3v) is 2.34. The number of fused-ring (bicyclic) bond motifs is 1. The standard InChI is InChI=1S/C11H9NO/c1-2-7-4-3-5-8-10(13)6-9(12)11(7)8/h1,3-5,9H,6,12H2/t9-/m1/s1. The molecule has 0 bridgehead atoms. The fraction of sp³-hybridized carbons (Fsp3) is 0.182. The number of benzene rings is 1. The maximum absolute atomic E-state index is 11.4. The summed E-state index contributed by atoms with van der Waals surface area (Å²) in [6.07, 6.45) is 5.70. The summed E-state index contributed by atoms with van der Waals surface area (Å²) in [5.74, 6) is 2.64. The van der Waals surface area contributed by atoms with Gasteiger partial charge in [-0.15, -0.1) is 6.42 Å². The number of rotatable bonds is 0. The largest absolute Gasteiger partial charge is 0.324 e. The Morgan fingerprint density at radius 1 is 1.54 bits per heavy atom. The minimum atomic E-state index is -0.213. The minimum absolute atomic E-state index is 0.0969. The van der Waals surface area contributed by atoms with Gasteiger partial charge in [-0.05, 0) is 11.6 Å². The second kappa shape index (κ2) is 2.72. The number of hydrogen-bond acceptors (Lipinski definition) is 2. The SMILES string of the molecule is C#Cc1cccc2c1[C@H](N)CC2=O. The Morgan fingerprint density at radius 3 is 3.00 bits per heavy atom. The van der Waals surface area contributed by atoms with E-state index in [9.17, 15) is 4.79 Å². The molecule has 1 aromatic carbocycles. The Balaban J connectivity index is 2.70. The van der Waals surface area contributed by atoms with Crippen LogP contribution in [-0.2, 0) is 0 Å². The van der Waals surface area contributed by atoms with Crippen LogP contribution in [0.25, 0.3) is 0 Å². The average Bonchev–Trinajstić information content (AvgIpc) is 2.43. The summed E-state index contributed by atoms with van der Waals surface area (Å²) in [6.45, 7) is 0. The summed E-state index contributed by atoms with van der Waals surface area (Å²) in [4.78, 5) is 11.4. The van der Waals surface area contributed by atoms with E-state index in [-0.39, 0.29) is 11.8 Å². The molecule has 0 saturated carbocycles. The van der Waals surface area contributed by atoms with E-state index in [0.29, 0.717) is 12.0 Å². The van der Waals surface area contributed by atoms with E-state index in [1.807, 2.05) is 6.07 Å². The smallest absolute Gasteiger partial charge is 0.165 e. The Kier molecular flexibility index (Phi) is 1.68. The highest BCUT2D eigenvalue weighted by molar-refractivity contribution is 6.01. The molecule has 1 aromatic rings. The molecule has 2 N–H and O–H groups in total. The monoisotopic (exact) mass is 171 g/mol. The van der Waals surface area contributed by atoms with Crippen LogP contribution >= 0.6 is 0 Å². The van der Waals surface area contributed by atoms with Crippen molar-refractivity contribution in [2.75, 3.05) is 0 Å². The lowest BCUT2D eigenvalue weighted by atomic mass is 10.0. The molecule has 2 heteroatoms. The van der Waals surface area contributed by atoms with Crippen LogP contribution in [0.4, 0.5) is 0 Å². The second-order valence-electron chi connectivity index (χ2n) is 3.14. The van der Waals surface area contributed by atoms with Gasteiger partial charge in [-0.25, -0.2) is 0 Å². The summed E-state index contributed by atoms with van der Waals surface area (Å²) >= 11 is 0. The van der Waals surface area contributed by atoms with Crippen molar-refractivity contribution in [1.82, 2.24) is 0 Å². The Labute approximate surface area is 76.8 Å². The molecule has 0 unspecified atom stereocenters. The van der Waals surface area contributed by atoms with Crippen LogP contribution in [-0.4, -0.2) is 5.78 Å². The van der Waals surface area contributed by atoms with Crippen LogP contribution in [0.5, 0.6) is 0 Å². The van der Waals surface area contributed by atoms with E-state index >= 15 is 0 Å². The van der Waals surface area contributed by atoms with E-state index in [1.165, 1.54) is 0 Å². The van der Waals surface area contributed by atoms with Gasteiger partial charge >= 0.3 is 0 Å². The summed E-state index contributed by atoms with van der Waals surface area (Å²) in [6, 6.07) is 5.18. The number of hydrogen-bond donors (Lipinski definition) is 1. The van der Waals surface area contributed by atoms with Gasteiger partial charge < -0.3 is 5.73 Å². The highest BCUT2D eigenvalue weighted by Gasteiger charge is 2.28. The highest BCUT2D eigenvalue weighted by Crippen LogP contribution is 2.31. The fourth-order valence-electron chi connectivity index (χ4n) is 1.75. The van der Waals surface area contributed by atoms with E-state index < -0.39 is 0 Å². The van der Waals surface area contributed by atoms with Gasteiger partial charge in [0.05, 0.1) is 0 Å². The van der Waals surface area contributed by atoms with Gasteiger partial charge in [0.15, 0.2) is 5.78 Å². The van der Waals surface area contributed by atoms with Crippen molar-refractivity contribution in [2.45, 2.75) is 12.5 Å². The summed E-state index contributed by atoms with van der Waals surface area (Å²) in [7, 11) is 0. The highest BCUT2D eigenvalue weighted by atomic mass is 16.1. The molecule has 1 aliphatic rings. The van der Waals surface area contributed by atoms with Crippen LogP contribution in [0.1, 0.15) is 33.9 Å². The maximum atomic E-state index is 11.4. The Hall–Kier alpha value is -1.59. The van der Waals surface area contributed by atoms with Crippen LogP contribution < -0.4 is 5.73 Å². The molecular formula is C11H9NO. The lowest BCUT2D eigenvalue weighted by molar-refractivity contribution is 0.0989. The molecule has 0 spiro atoms. The van der Waals surface area contributed by atoms with Crippen molar-refractivity contribution in [3.8, 4) is 12.3 Å². The van der Waals surface area contributed by atoms with Crippen LogP contribution in [0.3, 0.4) is 0 Å². The van der Waals surface area contributed by atoms with Gasteiger partial charge in [0.2, 0.25) is 0 Å². The van der Waals surface area contributed by atoms with Gasteiger partial charge in [0.25, 0.3) is 0 Å². The maximum Gasteiger partial charge on any atom is 0.165 e. The van der Waals surface area contributed by atoms with Crippen molar-refractivity contribution in [2.24, 2.45) is 5.73 Å². The lowest BCUT2D eigenvalue weighted by Crippen LogP contribution is -2.07. The van der Waals surface area contributed by atoms with E-state index in [1.54, 1.807) is 12.1 Å². The van der Waals surface area contributed by atoms with Gasteiger partial charge in [-0.1, -0.05) is 18.1 Å². The fourth-order valence-corrected chi connectivity index (χ4v) is 1.75. The van der Waals surface area contributed by atoms with Crippen LogP contribution in [0.2, 0.25) is 0 Å². The van der Waals surface area contributed by atoms with Crippen LogP contribution in [0, 0.1) is 12.3 Å². The minimum Gasteiger partial charge on any atom is -0.324 e. The number of carbonyl (C=O) groups is 1. The molecule has 2 rings (SSSR count). The molecule has 0 saturated heterocycles. The molecule has 0 aliphatic heterocycles. The lowest BCUT2D eigenvalue weighted by Gasteiger charge is -2.05. The van der Waals surface area contributed by atoms with Crippen molar-refractivity contribution < 1.29 is 4.79 Å². The molecule has 0 aromatic heterocycles. The zero-order valence-electron chi connectivity index (χ0n) is 7.08. The predicted octanol–water partition coefficient (Wildman–Crippen LogP) is 1.25. The van der Waals surface area contributed by atoms with Crippen molar-refractivity contribution in [3.63, 3.8) is 0 Å². The molecule has 1 aliphatic carbocycles. The van der Waals surface area contributed by atoms with Gasteiger partial charge in [0, 0.05) is 23.6 Å². The number of carbonyl (C=O) groups excluding carboxylic acids is 1. The third-order valence-electron chi connectivity index (χ3n) is 2.34. The topological polar surface area (TPSA) is 43.1 Å². The number of nitrogens with two attached hydrogens (primary N) is 1. The summed E-state index contributed by atoms with van der Waals surface area (Å²) in [5, 5.41) is 0. The number of terminal acetylenes is 1. The quantitative estimate of drug-likeness (QED) is 0.597. The molecular weight excluding hydrogens is 162 g/mol. The van der Waals surface area contributed by atoms with Crippen molar-refractivity contribution in [3.05, 3.63) is 34.9 Å². The number of ketones is 1. The Morgan fingerprint density at radius 2 is 2.31 bits per heavy atom. The van der Waals surface area contributed by atoms with E-state index in [4.69, 9.17) is 12.2 Å². The first-order valence-corrected chi connectivity index (χ1v) is 4.12. The molecule has 13 heavy (non-hydrogen) atoms. The Bertz CT molecular complexity index is 415. The van der Waals surface area contributed by atoms with Crippen molar-refractivity contribution >= 4 is 5.78 Å².